The van der Waals surface area contributed by atoms with Gasteiger partial charge in [-0.15, -0.1) is 0 Å². The van der Waals surface area contributed by atoms with Gasteiger partial charge in [0, 0.05) is 12.6 Å². The third-order valence-corrected chi connectivity index (χ3v) is 3.45. The summed E-state index contributed by atoms with van der Waals surface area (Å²) in [6.07, 6.45) is 2.97. The van der Waals surface area contributed by atoms with E-state index < -0.39 is 0 Å². The third-order valence-electron chi connectivity index (χ3n) is 3.45. The lowest BCUT2D eigenvalue weighted by atomic mass is 9.97. The Morgan fingerprint density at radius 1 is 1.50 bits per heavy atom. The number of carbonyl (C=O) groups excluding carboxylic acids is 1. The Morgan fingerprint density at radius 2 is 2.12 bits per heavy atom. The van der Waals surface area contributed by atoms with Crippen LogP contribution in [0.5, 0.6) is 0 Å². The lowest BCUT2D eigenvalue weighted by molar-refractivity contribution is -0.141. The van der Waals surface area contributed by atoms with Crippen LogP contribution in [-0.2, 0) is 9.53 Å². The second-order valence-corrected chi connectivity index (χ2v) is 4.76. The van der Waals surface area contributed by atoms with Gasteiger partial charge in [0.15, 0.2) is 0 Å². The molecular weight excluding hydrogens is 204 g/mol. The van der Waals surface area contributed by atoms with Gasteiger partial charge in [0.05, 0.1) is 13.5 Å². The van der Waals surface area contributed by atoms with E-state index in [1.165, 1.54) is 20.0 Å². The molecule has 1 fully saturated rings. The first-order valence-electron chi connectivity index (χ1n) is 6.11. The number of carbonyl (C=O) groups is 1. The van der Waals surface area contributed by atoms with Gasteiger partial charge < -0.3 is 15.0 Å². The van der Waals surface area contributed by atoms with Crippen LogP contribution >= 0.6 is 0 Å². The average molecular weight is 228 g/mol. The molecule has 0 bridgehead atoms. The highest BCUT2D eigenvalue weighted by Gasteiger charge is 2.19. The topological polar surface area (TPSA) is 41.6 Å². The summed E-state index contributed by atoms with van der Waals surface area (Å²) in [7, 11) is 3.54. The molecule has 1 saturated heterocycles. The summed E-state index contributed by atoms with van der Waals surface area (Å²) in [6.45, 7) is 5.42. The van der Waals surface area contributed by atoms with E-state index >= 15 is 0 Å². The Balaban J connectivity index is 2.26. The number of hydrogen-bond acceptors (Lipinski definition) is 4. The molecule has 1 atom stereocenters. The van der Waals surface area contributed by atoms with E-state index in [0.29, 0.717) is 6.42 Å². The fraction of sp³-hybridized carbons (Fsp3) is 0.917. The fourth-order valence-corrected chi connectivity index (χ4v) is 2.13. The van der Waals surface area contributed by atoms with Crippen molar-refractivity contribution in [3.63, 3.8) is 0 Å². The minimum Gasteiger partial charge on any atom is -0.469 e. The molecule has 0 aromatic carbocycles. The number of rotatable bonds is 5. The average Bonchev–Trinajstić information content (AvgIpc) is 2.30. The van der Waals surface area contributed by atoms with Gasteiger partial charge in [-0.3, -0.25) is 4.79 Å². The van der Waals surface area contributed by atoms with E-state index in [2.05, 4.69) is 28.9 Å². The maximum Gasteiger partial charge on any atom is 0.307 e. The van der Waals surface area contributed by atoms with Crippen molar-refractivity contribution in [2.45, 2.75) is 32.2 Å². The smallest absolute Gasteiger partial charge is 0.307 e. The lowest BCUT2D eigenvalue weighted by Gasteiger charge is -2.30. The molecule has 1 aliphatic heterocycles. The standard InChI is InChI=1S/C12H24N2O2/c1-10(8-12(15)16-3)14(2)9-11-4-6-13-7-5-11/h10-11,13H,4-9H2,1-3H3. The molecule has 1 aliphatic rings. The van der Waals surface area contributed by atoms with Crippen molar-refractivity contribution in [2.75, 3.05) is 33.8 Å². The molecule has 16 heavy (non-hydrogen) atoms. The second kappa shape index (κ2) is 6.86. The van der Waals surface area contributed by atoms with Gasteiger partial charge in [-0.1, -0.05) is 0 Å². The largest absolute Gasteiger partial charge is 0.469 e. The van der Waals surface area contributed by atoms with Gasteiger partial charge in [0.25, 0.3) is 0 Å². The van der Waals surface area contributed by atoms with Crippen molar-refractivity contribution < 1.29 is 9.53 Å². The molecule has 1 N–H and O–H groups in total. The number of ether oxygens (including phenoxy) is 1. The highest BCUT2D eigenvalue weighted by molar-refractivity contribution is 5.69. The molecule has 4 nitrogen and oxygen atoms in total. The van der Waals surface area contributed by atoms with Crippen LogP contribution in [0.1, 0.15) is 26.2 Å². The maximum atomic E-state index is 11.2. The number of hydrogen-bond donors (Lipinski definition) is 1. The van der Waals surface area contributed by atoms with E-state index in [4.69, 9.17) is 0 Å². The van der Waals surface area contributed by atoms with Crippen molar-refractivity contribution >= 4 is 5.97 Å². The summed E-state index contributed by atoms with van der Waals surface area (Å²) in [5, 5.41) is 3.37. The molecule has 1 rings (SSSR count). The van der Waals surface area contributed by atoms with Crippen LogP contribution < -0.4 is 5.32 Å². The highest BCUT2D eigenvalue weighted by atomic mass is 16.5. The minimum atomic E-state index is -0.121. The molecule has 0 radical (unpaired) electrons. The van der Waals surface area contributed by atoms with Crippen LogP contribution in [0.4, 0.5) is 0 Å². The van der Waals surface area contributed by atoms with E-state index in [9.17, 15) is 4.79 Å². The van der Waals surface area contributed by atoms with Crippen molar-refractivity contribution in [2.24, 2.45) is 5.92 Å². The Kier molecular flexibility index (Phi) is 5.77. The zero-order valence-corrected chi connectivity index (χ0v) is 10.7. The molecule has 0 aromatic rings. The molecule has 1 heterocycles. The van der Waals surface area contributed by atoms with Gasteiger partial charge in [-0.25, -0.2) is 0 Å². The van der Waals surface area contributed by atoms with Gasteiger partial charge in [0.2, 0.25) is 0 Å². The van der Waals surface area contributed by atoms with Crippen molar-refractivity contribution in [1.29, 1.82) is 0 Å². The van der Waals surface area contributed by atoms with E-state index in [1.54, 1.807) is 0 Å². The van der Waals surface area contributed by atoms with Crippen molar-refractivity contribution in [1.82, 2.24) is 10.2 Å². The third kappa shape index (κ3) is 4.49. The molecule has 1 unspecified atom stereocenters. The van der Waals surface area contributed by atoms with Gasteiger partial charge in [-0.05, 0) is 45.8 Å². The van der Waals surface area contributed by atoms with Crippen LogP contribution in [0.25, 0.3) is 0 Å². The highest BCUT2D eigenvalue weighted by Crippen LogP contribution is 2.14. The predicted molar refractivity (Wildman–Crippen MR) is 64.3 cm³/mol. The van der Waals surface area contributed by atoms with Crippen LogP contribution in [0.3, 0.4) is 0 Å². The van der Waals surface area contributed by atoms with E-state index in [0.717, 1.165) is 25.6 Å². The summed E-state index contributed by atoms with van der Waals surface area (Å²) < 4.78 is 4.69. The van der Waals surface area contributed by atoms with Crippen LogP contribution in [0, 0.1) is 5.92 Å². The van der Waals surface area contributed by atoms with Gasteiger partial charge >= 0.3 is 5.97 Å². The molecule has 4 heteroatoms. The molecule has 94 valence electrons. The summed E-state index contributed by atoms with van der Waals surface area (Å²) in [4.78, 5) is 13.4. The summed E-state index contributed by atoms with van der Waals surface area (Å²) in [6, 6.07) is 0.266. The number of methoxy groups -OCH3 is 1. The van der Waals surface area contributed by atoms with Crippen molar-refractivity contribution in [3.05, 3.63) is 0 Å². The second-order valence-electron chi connectivity index (χ2n) is 4.76. The Morgan fingerprint density at radius 3 is 2.69 bits per heavy atom. The molecular formula is C12H24N2O2. The molecule has 0 amide bonds. The minimum absolute atomic E-state index is 0.121. The SMILES string of the molecule is COC(=O)CC(C)N(C)CC1CCNCC1. The summed E-state index contributed by atoms with van der Waals surface area (Å²) in [5.74, 6) is 0.649. The number of nitrogens with zero attached hydrogens (tertiary/aromatic N) is 1. The van der Waals surface area contributed by atoms with E-state index in [-0.39, 0.29) is 12.0 Å². The number of nitrogens with one attached hydrogen (secondary N) is 1. The number of esters is 1. The fourth-order valence-electron chi connectivity index (χ4n) is 2.13. The normalized spacial score (nSPS) is 19.8. The monoisotopic (exact) mass is 228 g/mol. The van der Waals surface area contributed by atoms with Crippen LogP contribution in [-0.4, -0.2) is 50.7 Å². The lowest BCUT2D eigenvalue weighted by Crippen LogP contribution is -2.39. The Bertz CT molecular complexity index is 215. The van der Waals surface area contributed by atoms with Gasteiger partial charge in [-0.2, -0.15) is 0 Å². The first-order chi connectivity index (χ1) is 7.63. The Hall–Kier alpha value is -0.610. The van der Waals surface area contributed by atoms with Crippen molar-refractivity contribution in [3.8, 4) is 0 Å². The zero-order chi connectivity index (χ0) is 12.0. The number of piperidine rings is 1. The quantitative estimate of drug-likeness (QED) is 0.709. The maximum absolute atomic E-state index is 11.2. The summed E-state index contributed by atoms with van der Waals surface area (Å²) in [5.41, 5.74) is 0. The molecule has 0 aromatic heterocycles. The van der Waals surface area contributed by atoms with Crippen LogP contribution in [0.2, 0.25) is 0 Å². The first-order valence-corrected chi connectivity index (χ1v) is 6.11. The summed E-state index contributed by atoms with van der Waals surface area (Å²) >= 11 is 0. The first kappa shape index (κ1) is 13.5. The molecule has 0 saturated carbocycles. The molecule has 0 spiro atoms. The van der Waals surface area contributed by atoms with Gasteiger partial charge in [0.1, 0.15) is 0 Å². The van der Waals surface area contributed by atoms with E-state index in [1.807, 2.05) is 0 Å². The molecule has 0 aliphatic carbocycles. The van der Waals surface area contributed by atoms with Crippen LogP contribution in [0.15, 0.2) is 0 Å². The zero-order valence-electron chi connectivity index (χ0n) is 10.7. The Labute approximate surface area is 98.3 Å². The predicted octanol–water partition coefficient (Wildman–Crippen LogP) is 0.869.